The minimum atomic E-state index is 0.774. The lowest BCUT2D eigenvalue weighted by atomic mass is 9.99. The van der Waals surface area contributed by atoms with Crippen LogP contribution in [0.3, 0.4) is 0 Å². The fraction of sp³-hybridized carbons (Fsp3) is 0.286. The molecule has 0 unspecified atom stereocenters. The maximum Gasteiger partial charge on any atom is 0.0652 e. The molecular formula is C28H31N5. The molecule has 4 N–H and O–H groups in total. The average Bonchev–Trinajstić information content (AvgIpc) is 3.49. The van der Waals surface area contributed by atoms with Gasteiger partial charge in [0.05, 0.1) is 17.4 Å². The van der Waals surface area contributed by atoms with Crippen molar-refractivity contribution in [1.29, 1.82) is 0 Å². The summed E-state index contributed by atoms with van der Waals surface area (Å²) in [4.78, 5) is 12.2. The zero-order chi connectivity index (χ0) is 22.6. The Morgan fingerprint density at radius 1 is 1.12 bits per heavy atom. The molecule has 5 heteroatoms. The number of aryl methyl sites for hydroxylation is 3. The average molecular weight is 438 g/mol. The number of allylic oxidation sites excluding steroid dienone is 4. The van der Waals surface area contributed by atoms with Crippen LogP contribution in [0.15, 0.2) is 76.8 Å². The van der Waals surface area contributed by atoms with E-state index in [0.29, 0.717) is 0 Å². The smallest absolute Gasteiger partial charge is 0.0652 e. The highest BCUT2D eigenvalue weighted by Gasteiger charge is 2.14. The number of fused-ring (bicyclic) bond motifs is 2. The third-order valence-electron chi connectivity index (χ3n) is 6.71. The van der Waals surface area contributed by atoms with Crippen molar-refractivity contribution in [3.63, 3.8) is 0 Å². The molecule has 0 bridgehead atoms. The first-order valence-corrected chi connectivity index (χ1v) is 11.8. The summed E-state index contributed by atoms with van der Waals surface area (Å²) in [5.74, 6) is 0. The third kappa shape index (κ3) is 4.69. The maximum atomic E-state index is 6.32. The van der Waals surface area contributed by atoms with Gasteiger partial charge in [0.2, 0.25) is 0 Å². The lowest BCUT2D eigenvalue weighted by molar-refractivity contribution is 0.706. The minimum absolute atomic E-state index is 0.774. The molecule has 1 aliphatic carbocycles. The normalized spacial score (nSPS) is 16.7. The molecule has 0 amide bonds. The molecule has 0 fully saturated rings. The van der Waals surface area contributed by atoms with E-state index in [1.807, 2.05) is 24.5 Å². The molecule has 0 atom stereocenters. The maximum absolute atomic E-state index is 6.32. The Bertz CT molecular complexity index is 1270. The van der Waals surface area contributed by atoms with Gasteiger partial charge in [-0.15, -0.1) is 0 Å². The number of aromatic amines is 1. The van der Waals surface area contributed by atoms with Crippen LogP contribution in [0.1, 0.15) is 36.1 Å². The summed E-state index contributed by atoms with van der Waals surface area (Å²) in [6.07, 6.45) is 16.2. The van der Waals surface area contributed by atoms with Crippen LogP contribution in [0, 0.1) is 0 Å². The van der Waals surface area contributed by atoms with Gasteiger partial charge in [-0.05, 0) is 92.3 Å². The van der Waals surface area contributed by atoms with Gasteiger partial charge in [-0.3, -0.25) is 9.98 Å². The molecule has 0 radical (unpaired) electrons. The minimum Gasteiger partial charge on any atom is -0.402 e. The van der Waals surface area contributed by atoms with Crippen molar-refractivity contribution >= 4 is 17.6 Å². The molecule has 1 aromatic carbocycles. The second-order valence-electron chi connectivity index (χ2n) is 8.92. The summed E-state index contributed by atoms with van der Waals surface area (Å²) in [6.45, 7) is 5.58. The molecule has 3 heterocycles. The Kier molecular flexibility index (Phi) is 6.22. The van der Waals surface area contributed by atoms with E-state index in [1.54, 1.807) is 0 Å². The monoisotopic (exact) mass is 437 g/mol. The largest absolute Gasteiger partial charge is 0.402 e. The van der Waals surface area contributed by atoms with E-state index >= 15 is 0 Å². The summed E-state index contributed by atoms with van der Waals surface area (Å²) in [6, 6.07) is 9.12. The number of aliphatic imine (C=N–C) groups is 1. The quantitative estimate of drug-likeness (QED) is 0.360. The first kappa shape index (κ1) is 21.4. The predicted molar refractivity (Wildman–Crippen MR) is 137 cm³/mol. The van der Waals surface area contributed by atoms with Gasteiger partial charge in [-0.25, -0.2) is 0 Å². The molecule has 0 saturated heterocycles. The van der Waals surface area contributed by atoms with Crippen molar-refractivity contribution in [3.05, 3.63) is 88.7 Å². The third-order valence-corrected chi connectivity index (χ3v) is 6.71. The Balaban J connectivity index is 1.32. The molecule has 0 spiro atoms. The molecule has 3 aromatic rings. The lowest BCUT2D eigenvalue weighted by Crippen LogP contribution is -2.20. The molecule has 0 saturated carbocycles. The molecule has 5 rings (SSSR count). The topological polar surface area (TPSA) is 79.1 Å². The van der Waals surface area contributed by atoms with Crippen molar-refractivity contribution in [3.8, 4) is 11.1 Å². The van der Waals surface area contributed by atoms with Gasteiger partial charge in [0, 0.05) is 35.1 Å². The van der Waals surface area contributed by atoms with Crippen molar-refractivity contribution in [2.45, 2.75) is 38.5 Å². The molecule has 2 aliphatic rings. The lowest BCUT2D eigenvalue weighted by Gasteiger charge is -2.13. The van der Waals surface area contributed by atoms with E-state index in [9.17, 15) is 0 Å². The number of benzene rings is 1. The van der Waals surface area contributed by atoms with Crippen LogP contribution in [0.2, 0.25) is 0 Å². The van der Waals surface area contributed by atoms with Crippen LogP contribution in [0.5, 0.6) is 0 Å². The number of nitrogens with zero attached hydrogens (tertiary/aromatic N) is 2. The number of pyridine rings is 1. The SMILES string of the molecule is C=N/C(=C\C=C(\N)CCc1cc2c(-c3ccc4c(c3)CCC4)cncc2[nH]1)C1=CCNCC1. The summed E-state index contributed by atoms with van der Waals surface area (Å²) < 4.78 is 0. The van der Waals surface area contributed by atoms with Gasteiger partial charge in [0.1, 0.15) is 0 Å². The predicted octanol–water partition coefficient (Wildman–Crippen LogP) is 5.00. The fourth-order valence-electron chi connectivity index (χ4n) is 4.88. The standard InChI is InChI=1S/C28H31N5/c1-30-27(20-11-13-31-14-12-20)10-8-23(29)7-9-24-16-25-26(17-32-18-28(25)33-24)22-6-5-19-3-2-4-21(19)15-22/h5-6,8,10-11,15-18,31,33H,1-4,7,9,12-14,29H2/b23-8+,27-10-. The van der Waals surface area contributed by atoms with Gasteiger partial charge >= 0.3 is 0 Å². The van der Waals surface area contributed by atoms with Gasteiger partial charge < -0.3 is 16.0 Å². The highest BCUT2D eigenvalue weighted by atomic mass is 14.9. The van der Waals surface area contributed by atoms with Crippen molar-refractivity contribution in [1.82, 2.24) is 15.3 Å². The Morgan fingerprint density at radius 3 is 2.88 bits per heavy atom. The van der Waals surface area contributed by atoms with Gasteiger partial charge in [-0.2, -0.15) is 0 Å². The van der Waals surface area contributed by atoms with Gasteiger partial charge in [-0.1, -0.05) is 24.3 Å². The number of nitrogens with two attached hydrogens (primary N) is 1. The molecule has 168 valence electrons. The van der Waals surface area contributed by atoms with E-state index in [4.69, 9.17) is 5.73 Å². The zero-order valence-electron chi connectivity index (χ0n) is 19.0. The van der Waals surface area contributed by atoms with Crippen LogP contribution in [-0.4, -0.2) is 29.8 Å². The fourth-order valence-corrected chi connectivity index (χ4v) is 4.88. The Hall–Kier alpha value is -3.44. The zero-order valence-corrected chi connectivity index (χ0v) is 19.0. The second-order valence-corrected chi connectivity index (χ2v) is 8.92. The number of aromatic nitrogens is 2. The molecule has 2 aromatic heterocycles. The summed E-state index contributed by atoms with van der Waals surface area (Å²) in [7, 11) is 0. The van der Waals surface area contributed by atoms with Crippen LogP contribution >= 0.6 is 0 Å². The van der Waals surface area contributed by atoms with E-state index in [2.05, 4.69) is 57.3 Å². The summed E-state index contributed by atoms with van der Waals surface area (Å²) in [5, 5.41) is 4.54. The van der Waals surface area contributed by atoms with E-state index in [0.717, 1.165) is 49.3 Å². The second kappa shape index (κ2) is 9.59. The Morgan fingerprint density at radius 2 is 2.03 bits per heavy atom. The number of rotatable bonds is 7. The van der Waals surface area contributed by atoms with Crippen LogP contribution < -0.4 is 11.1 Å². The van der Waals surface area contributed by atoms with Crippen molar-refractivity contribution < 1.29 is 0 Å². The van der Waals surface area contributed by atoms with Gasteiger partial charge in [0.25, 0.3) is 0 Å². The number of nitrogens with one attached hydrogen (secondary N) is 2. The summed E-state index contributed by atoms with van der Waals surface area (Å²) in [5.41, 5.74) is 17.0. The highest BCUT2D eigenvalue weighted by Crippen LogP contribution is 2.32. The summed E-state index contributed by atoms with van der Waals surface area (Å²) >= 11 is 0. The van der Waals surface area contributed by atoms with Crippen molar-refractivity contribution in [2.24, 2.45) is 10.7 Å². The Labute approximate surface area is 195 Å². The number of hydrogen-bond donors (Lipinski definition) is 3. The van der Waals surface area contributed by atoms with E-state index < -0.39 is 0 Å². The first-order valence-electron chi connectivity index (χ1n) is 11.8. The molecule has 33 heavy (non-hydrogen) atoms. The molecular weight excluding hydrogens is 406 g/mol. The van der Waals surface area contributed by atoms with Crippen LogP contribution in [-0.2, 0) is 19.3 Å². The van der Waals surface area contributed by atoms with E-state index in [-0.39, 0.29) is 0 Å². The first-order chi connectivity index (χ1) is 16.2. The van der Waals surface area contributed by atoms with Crippen LogP contribution in [0.4, 0.5) is 0 Å². The van der Waals surface area contributed by atoms with Crippen LogP contribution in [0.25, 0.3) is 22.0 Å². The van der Waals surface area contributed by atoms with Gasteiger partial charge in [0.15, 0.2) is 0 Å². The number of hydrogen-bond acceptors (Lipinski definition) is 4. The molecule has 5 nitrogen and oxygen atoms in total. The number of H-pyrrole nitrogens is 1. The molecule has 1 aliphatic heterocycles. The van der Waals surface area contributed by atoms with E-state index in [1.165, 1.54) is 58.2 Å². The van der Waals surface area contributed by atoms with Crippen molar-refractivity contribution in [2.75, 3.05) is 13.1 Å². The highest BCUT2D eigenvalue weighted by molar-refractivity contribution is 5.95.